The van der Waals surface area contributed by atoms with E-state index in [4.69, 9.17) is 0 Å². The van der Waals surface area contributed by atoms with E-state index in [-0.39, 0.29) is 11.8 Å². The maximum atomic E-state index is 12.3. The van der Waals surface area contributed by atoms with Crippen LogP contribution in [0.4, 0.5) is 5.82 Å². The van der Waals surface area contributed by atoms with E-state index in [1.54, 1.807) is 18.3 Å². The molecule has 1 amide bonds. The van der Waals surface area contributed by atoms with Crippen LogP contribution in [0.3, 0.4) is 0 Å². The lowest BCUT2D eigenvalue weighted by Gasteiger charge is -2.25. The molecule has 96 valence electrons. The first-order chi connectivity index (χ1) is 9.34. The van der Waals surface area contributed by atoms with E-state index in [9.17, 15) is 4.79 Å². The summed E-state index contributed by atoms with van der Waals surface area (Å²) < 4.78 is 0. The topological polar surface area (TPSA) is 66.9 Å². The van der Waals surface area contributed by atoms with Crippen LogP contribution in [0.1, 0.15) is 17.0 Å². The van der Waals surface area contributed by atoms with Crippen LogP contribution in [0.15, 0.2) is 42.6 Å². The van der Waals surface area contributed by atoms with Crippen molar-refractivity contribution in [2.45, 2.75) is 12.5 Å². The van der Waals surface area contributed by atoms with Crippen molar-refractivity contribution in [1.82, 2.24) is 15.5 Å². The van der Waals surface area contributed by atoms with Crippen molar-refractivity contribution in [3.8, 4) is 0 Å². The molecule has 1 aromatic carbocycles. The lowest BCUT2D eigenvalue weighted by molar-refractivity contribution is -0.117. The molecule has 0 saturated heterocycles. The Morgan fingerprint density at radius 2 is 2.16 bits per heavy atom. The molecular formula is C14H14N4O. The normalized spacial score (nSPS) is 17.6. The van der Waals surface area contributed by atoms with Crippen LogP contribution in [0.25, 0.3) is 0 Å². The minimum absolute atomic E-state index is 0.0554. The number of amides is 1. The fourth-order valence-electron chi connectivity index (χ4n) is 2.31. The van der Waals surface area contributed by atoms with Crippen LogP contribution >= 0.6 is 0 Å². The number of aromatic nitrogens is 2. The molecule has 0 aliphatic carbocycles. The third-order valence-corrected chi connectivity index (χ3v) is 3.23. The molecule has 0 bridgehead atoms. The number of hydrogen-bond acceptors (Lipinski definition) is 4. The smallest absolute Gasteiger partial charge is 0.234 e. The van der Waals surface area contributed by atoms with Gasteiger partial charge in [-0.2, -0.15) is 5.10 Å². The second-order valence-electron chi connectivity index (χ2n) is 4.48. The van der Waals surface area contributed by atoms with E-state index >= 15 is 0 Å². The number of hydrogen-bond donors (Lipinski definition) is 2. The Balaban J connectivity index is 1.82. The Morgan fingerprint density at radius 1 is 1.26 bits per heavy atom. The second kappa shape index (κ2) is 5.16. The van der Waals surface area contributed by atoms with Crippen LogP contribution in [-0.2, 0) is 11.3 Å². The van der Waals surface area contributed by atoms with Crippen molar-refractivity contribution >= 4 is 11.7 Å². The van der Waals surface area contributed by atoms with Crippen molar-refractivity contribution in [2.24, 2.45) is 0 Å². The van der Waals surface area contributed by atoms with E-state index in [1.807, 2.05) is 24.3 Å². The molecule has 3 rings (SSSR count). The van der Waals surface area contributed by atoms with Gasteiger partial charge in [-0.3, -0.25) is 4.79 Å². The van der Waals surface area contributed by atoms with E-state index in [0.717, 1.165) is 12.1 Å². The van der Waals surface area contributed by atoms with Crippen LogP contribution in [-0.4, -0.2) is 22.6 Å². The highest BCUT2D eigenvalue weighted by atomic mass is 16.2. The standard InChI is InChI=1S/C14H14N4O/c19-14(17-13-6-3-7-16-18-13)12-9-15-8-10-4-1-2-5-11(10)12/h1-7,12,15H,8-9H2,(H,17,18,19). The first-order valence-electron chi connectivity index (χ1n) is 6.21. The van der Waals surface area contributed by atoms with Gasteiger partial charge < -0.3 is 10.6 Å². The van der Waals surface area contributed by atoms with E-state index < -0.39 is 0 Å². The summed E-state index contributed by atoms with van der Waals surface area (Å²) in [6, 6.07) is 11.5. The Labute approximate surface area is 111 Å². The number of carbonyl (C=O) groups excluding carboxylic acids is 1. The zero-order valence-electron chi connectivity index (χ0n) is 10.3. The SMILES string of the molecule is O=C(Nc1cccnn1)C1CNCc2ccccc21. The summed E-state index contributed by atoms with van der Waals surface area (Å²) in [6.07, 6.45) is 1.58. The van der Waals surface area contributed by atoms with E-state index in [1.165, 1.54) is 5.56 Å². The van der Waals surface area contributed by atoms with Gasteiger partial charge in [0.05, 0.1) is 5.92 Å². The molecule has 1 atom stereocenters. The number of benzene rings is 1. The van der Waals surface area contributed by atoms with Gasteiger partial charge in [-0.1, -0.05) is 24.3 Å². The number of rotatable bonds is 2. The van der Waals surface area contributed by atoms with Crippen LogP contribution in [0.5, 0.6) is 0 Å². The average Bonchev–Trinajstić information content (AvgIpc) is 2.47. The molecule has 0 saturated carbocycles. The second-order valence-corrected chi connectivity index (χ2v) is 4.48. The van der Waals surface area contributed by atoms with Crippen molar-refractivity contribution in [3.05, 3.63) is 53.7 Å². The molecule has 0 radical (unpaired) electrons. The number of nitrogens with zero attached hydrogens (tertiary/aromatic N) is 2. The van der Waals surface area contributed by atoms with Gasteiger partial charge in [0, 0.05) is 19.3 Å². The maximum Gasteiger partial charge on any atom is 0.234 e. The Bertz CT molecular complexity index is 585. The maximum absolute atomic E-state index is 12.3. The minimum atomic E-state index is -0.188. The zero-order chi connectivity index (χ0) is 13.1. The van der Waals surface area contributed by atoms with Gasteiger partial charge in [0.15, 0.2) is 5.82 Å². The molecule has 2 aromatic rings. The third-order valence-electron chi connectivity index (χ3n) is 3.23. The molecule has 0 spiro atoms. The number of fused-ring (bicyclic) bond motifs is 1. The summed E-state index contributed by atoms with van der Waals surface area (Å²) in [7, 11) is 0. The fourth-order valence-corrected chi connectivity index (χ4v) is 2.31. The predicted octanol–water partition coefficient (Wildman–Crippen LogP) is 1.30. The molecular weight excluding hydrogens is 240 g/mol. The van der Waals surface area contributed by atoms with Gasteiger partial charge in [-0.05, 0) is 23.3 Å². The number of anilines is 1. The van der Waals surface area contributed by atoms with Gasteiger partial charge in [0.25, 0.3) is 0 Å². The number of nitrogens with one attached hydrogen (secondary N) is 2. The van der Waals surface area contributed by atoms with E-state index in [2.05, 4.69) is 20.8 Å². The average molecular weight is 254 g/mol. The zero-order valence-corrected chi connectivity index (χ0v) is 10.3. The van der Waals surface area contributed by atoms with Crippen molar-refractivity contribution < 1.29 is 4.79 Å². The largest absolute Gasteiger partial charge is 0.312 e. The van der Waals surface area contributed by atoms with Gasteiger partial charge in [0.2, 0.25) is 5.91 Å². The van der Waals surface area contributed by atoms with Gasteiger partial charge >= 0.3 is 0 Å². The third kappa shape index (κ3) is 2.46. The van der Waals surface area contributed by atoms with Crippen LogP contribution in [0, 0.1) is 0 Å². The van der Waals surface area contributed by atoms with Crippen molar-refractivity contribution in [2.75, 3.05) is 11.9 Å². The molecule has 1 aromatic heterocycles. The molecule has 19 heavy (non-hydrogen) atoms. The summed E-state index contributed by atoms with van der Waals surface area (Å²) in [6.45, 7) is 1.45. The molecule has 1 aliphatic heterocycles. The molecule has 5 nitrogen and oxygen atoms in total. The fraction of sp³-hybridized carbons (Fsp3) is 0.214. The Kier molecular flexibility index (Phi) is 3.20. The predicted molar refractivity (Wildman–Crippen MR) is 71.6 cm³/mol. The van der Waals surface area contributed by atoms with Gasteiger partial charge in [-0.25, -0.2) is 0 Å². The lowest BCUT2D eigenvalue weighted by Crippen LogP contribution is -2.35. The molecule has 5 heteroatoms. The summed E-state index contributed by atoms with van der Waals surface area (Å²) >= 11 is 0. The highest BCUT2D eigenvalue weighted by Crippen LogP contribution is 2.24. The van der Waals surface area contributed by atoms with Gasteiger partial charge in [-0.15, -0.1) is 5.10 Å². The van der Waals surface area contributed by atoms with Crippen LogP contribution < -0.4 is 10.6 Å². The summed E-state index contributed by atoms with van der Waals surface area (Å²) in [4.78, 5) is 12.3. The first-order valence-corrected chi connectivity index (χ1v) is 6.21. The Hall–Kier alpha value is -2.27. The number of carbonyl (C=O) groups is 1. The summed E-state index contributed by atoms with van der Waals surface area (Å²) in [5.74, 6) is 0.239. The Morgan fingerprint density at radius 3 is 3.00 bits per heavy atom. The molecule has 2 N–H and O–H groups in total. The van der Waals surface area contributed by atoms with Crippen LogP contribution in [0.2, 0.25) is 0 Å². The quantitative estimate of drug-likeness (QED) is 0.847. The molecule has 2 heterocycles. The van der Waals surface area contributed by atoms with E-state index in [0.29, 0.717) is 12.4 Å². The summed E-state index contributed by atoms with van der Waals surface area (Å²) in [5, 5.41) is 13.7. The monoisotopic (exact) mass is 254 g/mol. The highest BCUT2D eigenvalue weighted by Gasteiger charge is 2.26. The van der Waals surface area contributed by atoms with Crippen molar-refractivity contribution in [3.63, 3.8) is 0 Å². The lowest BCUT2D eigenvalue weighted by atomic mass is 9.90. The van der Waals surface area contributed by atoms with Crippen molar-refractivity contribution in [1.29, 1.82) is 0 Å². The molecule has 1 unspecified atom stereocenters. The molecule has 1 aliphatic rings. The molecule has 0 fully saturated rings. The summed E-state index contributed by atoms with van der Waals surface area (Å²) in [5.41, 5.74) is 2.26. The minimum Gasteiger partial charge on any atom is -0.312 e. The van der Waals surface area contributed by atoms with Gasteiger partial charge in [0.1, 0.15) is 0 Å². The highest BCUT2D eigenvalue weighted by molar-refractivity contribution is 5.95. The first kappa shape index (κ1) is 11.8.